The molecule has 1 N–H and O–H groups in total. The summed E-state index contributed by atoms with van der Waals surface area (Å²) in [6.07, 6.45) is 7.06. The van der Waals surface area contributed by atoms with E-state index >= 15 is 0 Å². The quantitative estimate of drug-likeness (QED) is 0.767. The van der Waals surface area contributed by atoms with Crippen molar-refractivity contribution in [2.45, 2.75) is 45.7 Å². The van der Waals surface area contributed by atoms with E-state index in [4.69, 9.17) is 4.52 Å². The molecule has 0 spiro atoms. The van der Waals surface area contributed by atoms with Gasteiger partial charge in [-0.25, -0.2) is 0 Å². The van der Waals surface area contributed by atoms with Gasteiger partial charge in [0.15, 0.2) is 5.69 Å². The first kappa shape index (κ1) is 16.6. The standard InChI is InChI=1S/C20H22N4O2/c1-13(16-8-7-15-5-3-6-17(15)11-16)22-20(25)19-18(14(2)26-23-19)12-24-10-4-9-21-24/h4,7-11,13H,3,5-6,12H2,1-2H3,(H,22,25). The van der Waals surface area contributed by atoms with E-state index in [1.807, 2.05) is 26.1 Å². The van der Waals surface area contributed by atoms with Crippen LogP contribution in [-0.4, -0.2) is 20.8 Å². The summed E-state index contributed by atoms with van der Waals surface area (Å²) in [5.74, 6) is 0.410. The predicted molar refractivity (Wildman–Crippen MR) is 96.9 cm³/mol. The average Bonchev–Trinajstić information content (AvgIpc) is 3.37. The monoisotopic (exact) mass is 350 g/mol. The Morgan fingerprint density at radius 3 is 3.00 bits per heavy atom. The molecule has 0 bridgehead atoms. The van der Waals surface area contributed by atoms with E-state index in [1.54, 1.807) is 10.9 Å². The molecule has 0 radical (unpaired) electrons. The lowest BCUT2D eigenvalue weighted by atomic mass is 10.0. The molecule has 6 heteroatoms. The predicted octanol–water partition coefficient (Wildman–Crippen LogP) is 3.21. The number of hydrogen-bond donors (Lipinski definition) is 1. The summed E-state index contributed by atoms with van der Waals surface area (Å²) >= 11 is 0. The molecule has 26 heavy (non-hydrogen) atoms. The van der Waals surface area contributed by atoms with Crippen LogP contribution in [0.4, 0.5) is 0 Å². The van der Waals surface area contributed by atoms with Crippen LogP contribution in [0.3, 0.4) is 0 Å². The van der Waals surface area contributed by atoms with E-state index in [1.165, 1.54) is 17.5 Å². The van der Waals surface area contributed by atoms with E-state index < -0.39 is 0 Å². The molecule has 0 aliphatic heterocycles. The molecule has 3 aromatic rings. The number of nitrogens with one attached hydrogen (secondary N) is 1. The van der Waals surface area contributed by atoms with Gasteiger partial charge in [0.1, 0.15) is 5.76 Å². The lowest BCUT2D eigenvalue weighted by Gasteiger charge is -2.15. The van der Waals surface area contributed by atoms with E-state index in [0.717, 1.165) is 24.0 Å². The molecular weight excluding hydrogens is 328 g/mol. The Labute approximate surface area is 152 Å². The number of carbonyl (C=O) groups is 1. The van der Waals surface area contributed by atoms with Gasteiger partial charge in [0.25, 0.3) is 5.91 Å². The summed E-state index contributed by atoms with van der Waals surface area (Å²) in [4.78, 5) is 12.8. The third kappa shape index (κ3) is 3.14. The van der Waals surface area contributed by atoms with Gasteiger partial charge < -0.3 is 9.84 Å². The zero-order valence-corrected chi connectivity index (χ0v) is 15.0. The third-order valence-corrected chi connectivity index (χ3v) is 5.05. The smallest absolute Gasteiger partial charge is 0.274 e. The van der Waals surface area contributed by atoms with Crippen LogP contribution in [0.15, 0.2) is 41.2 Å². The second kappa shape index (κ2) is 6.78. The molecule has 6 nitrogen and oxygen atoms in total. The lowest BCUT2D eigenvalue weighted by Crippen LogP contribution is -2.28. The number of nitrogens with zero attached hydrogens (tertiary/aromatic N) is 3. The van der Waals surface area contributed by atoms with Crippen molar-refractivity contribution < 1.29 is 9.32 Å². The van der Waals surface area contributed by atoms with Crippen molar-refractivity contribution in [2.24, 2.45) is 0 Å². The number of aryl methyl sites for hydroxylation is 3. The molecule has 1 aromatic carbocycles. The largest absolute Gasteiger partial charge is 0.361 e. The van der Waals surface area contributed by atoms with Gasteiger partial charge in [-0.15, -0.1) is 0 Å². The summed E-state index contributed by atoms with van der Waals surface area (Å²) in [5, 5.41) is 11.2. The minimum Gasteiger partial charge on any atom is -0.361 e. The highest BCUT2D eigenvalue weighted by molar-refractivity contribution is 5.94. The number of rotatable bonds is 5. The summed E-state index contributed by atoms with van der Waals surface area (Å²) in [6, 6.07) is 8.25. The van der Waals surface area contributed by atoms with Gasteiger partial charge in [-0.2, -0.15) is 5.10 Å². The molecule has 4 rings (SSSR count). The van der Waals surface area contributed by atoms with Gasteiger partial charge in [-0.3, -0.25) is 9.48 Å². The van der Waals surface area contributed by atoms with Crippen molar-refractivity contribution in [1.29, 1.82) is 0 Å². The van der Waals surface area contributed by atoms with Crippen LogP contribution in [0.25, 0.3) is 0 Å². The molecule has 1 amide bonds. The van der Waals surface area contributed by atoms with Gasteiger partial charge in [0, 0.05) is 18.0 Å². The van der Waals surface area contributed by atoms with Crippen LogP contribution in [0.1, 0.15) is 57.9 Å². The van der Waals surface area contributed by atoms with Crippen LogP contribution in [0.5, 0.6) is 0 Å². The van der Waals surface area contributed by atoms with Gasteiger partial charge in [0.2, 0.25) is 0 Å². The Morgan fingerprint density at radius 1 is 1.35 bits per heavy atom. The van der Waals surface area contributed by atoms with Crippen molar-refractivity contribution in [2.75, 3.05) is 0 Å². The minimum absolute atomic E-state index is 0.0945. The zero-order chi connectivity index (χ0) is 18.1. The molecule has 1 atom stereocenters. The number of fused-ring (bicyclic) bond motifs is 1. The van der Waals surface area contributed by atoms with Crippen LogP contribution >= 0.6 is 0 Å². The van der Waals surface area contributed by atoms with E-state index in [0.29, 0.717) is 18.0 Å². The number of amides is 1. The zero-order valence-electron chi connectivity index (χ0n) is 15.0. The fourth-order valence-electron chi connectivity index (χ4n) is 3.52. The summed E-state index contributed by atoms with van der Waals surface area (Å²) < 4.78 is 7.01. The molecule has 1 aliphatic carbocycles. The van der Waals surface area contributed by atoms with Gasteiger partial charge in [0.05, 0.1) is 12.6 Å². The number of hydrogen-bond acceptors (Lipinski definition) is 4. The fourth-order valence-corrected chi connectivity index (χ4v) is 3.52. The maximum atomic E-state index is 12.8. The Morgan fingerprint density at radius 2 is 2.19 bits per heavy atom. The first-order chi connectivity index (χ1) is 12.6. The minimum atomic E-state index is -0.225. The second-order valence-electron chi connectivity index (χ2n) is 6.85. The van der Waals surface area contributed by atoms with Crippen molar-refractivity contribution in [3.05, 3.63) is 70.4 Å². The highest BCUT2D eigenvalue weighted by Gasteiger charge is 2.22. The Hall–Kier alpha value is -2.89. The second-order valence-corrected chi connectivity index (χ2v) is 6.85. The first-order valence-electron chi connectivity index (χ1n) is 8.97. The van der Waals surface area contributed by atoms with Gasteiger partial charge in [-0.05, 0) is 55.9 Å². The Kier molecular flexibility index (Phi) is 4.32. The van der Waals surface area contributed by atoms with Crippen LogP contribution in [0, 0.1) is 6.92 Å². The van der Waals surface area contributed by atoms with E-state index in [9.17, 15) is 4.79 Å². The molecule has 0 saturated carbocycles. The molecular formula is C20H22N4O2. The van der Waals surface area contributed by atoms with Gasteiger partial charge >= 0.3 is 0 Å². The summed E-state index contributed by atoms with van der Waals surface area (Å²) in [5.41, 5.74) is 5.03. The van der Waals surface area contributed by atoms with Crippen molar-refractivity contribution in [1.82, 2.24) is 20.3 Å². The molecule has 2 aromatic heterocycles. The summed E-state index contributed by atoms with van der Waals surface area (Å²) in [7, 11) is 0. The third-order valence-electron chi connectivity index (χ3n) is 5.05. The highest BCUT2D eigenvalue weighted by Crippen LogP contribution is 2.25. The van der Waals surface area contributed by atoms with Crippen LogP contribution < -0.4 is 5.32 Å². The van der Waals surface area contributed by atoms with Crippen molar-refractivity contribution >= 4 is 5.91 Å². The van der Waals surface area contributed by atoms with E-state index in [2.05, 4.69) is 33.8 Å². The highest BCUT2D eigenvalue weighted by atomic mass is 16.5. The maximum absolute atomic E-state index is 12.8. The number of aromatic nitrogens is 3. The Balaban J connectivity index is 1.51. The van der Waals surface area contributed by atoms with Crippen molar-refractivity contribution in [3.63, 3.8) is 0 Å². The first-order valence-corrected chi connectivity index (χ1v) is 8.97. The molecule has 2 heterocycles. The average molecular weight is 350 g/mol. The lowest BCUT2D eigenvalue weighted by molar-refractivity contribution is 0.0929. The van der Waals surface area contributed by atoms with Crippen LogP contribution in [0.2, 0.25) is 0 Å². The van der Waals surface area contributed by atoms with Crippen LogP contribution in [-0.2, 0) is 19.4 Å². The molecule has 134 valence electrons. The number of benzene rings is 1. The molecule has 1 unspecified atom stereocenters. The SMILES string of the molecule is Cc1onc(C(=O)NC(C)c2ccc3c(c2)CCC3)c1Cn1cccn1. The Bertz CT molecular complexity index is 927. The molecule has 0 saturated heterocycles. The van der Waals surface area contributed by atoms with E-state index in [-0.39, 0.29) is 11.9 Å². The molecule has 0 fully saturated rings. The molecule has 1 aliphatic rings. The number of carbonyl (C=O) groups excluding carboxylic acids is 1. The normalized spacial score (nSPS) is 14.2. The topological polar surface area (TPSA) is 73.0 Å². The fraction of sp³-hybridized carbons (Fsp3) is 0.350. The van der Waals surface area contributed by atoms with Gasteiger partial charge in [-0.1, -0.05) is 23.4 Å². The van der Waals surface area contributed by atoms with Crippen molar-refractivity contribution in [3.8, 4) is 0 Å². The maximum Gasteiger partial charge on any atom is 0.274 e. The summed E-state index contributed by atoms with van der Waals surface area (Å²) in [6.45, 7) is 4.26.